The van der Waals surface area contributed by atoms with Crippen molar-refractivity contribution in [3.8, 4) is 0 Å². The highest BCUT2D eigenvalue weighted by Crippen LogP contribution is 2.20. The predicted molar refractivity (Wildman–Crippen MR) is 111 cm³/mol. The third-order valence-electron chi connectivity index (χ3n) is 4.74. The van der Waals surface area contributed by atoms with E-state index in [2.05, 4.69) is 21.2 Å². The van der Waals surface area contributed by atoms with Gasteiger partial charge in [-0.2, -0.15) is 0 Å². The first kappa shape index (κ1) is 19.4. The molecule has 0 saturated carbocycles. The minimum absolute atomic E-state index is 0.00955. The maximum absolute atomic E-state index is 12.4. The average molecular weight is 427 g/mol. The van der Waals surface area contributed by atoms with Crippen molar-refractivity contribution in [1.29, 1.82) is 0 Å². The molecule has 27 heavy (non-hydrogen) atoms. The van der Waals surface area contributed by atoms with Crippen LogP contribution in [0, 0.1) is 6.92 Å². The van der Waals surface area contributed by atoms with Gasteiger partial charge in [-0.1, -0.05) is 46.3 Å². The van der Waals surface area contributed by atoms with E-state index in [0.717, 1.165) is 22.9 Å². The van der Waals surface area contributed by atoms with Crippen LogP contribution in [0.25, 0.3) is 6.08 Å². The molecule has 0 unspecified atom stereocenters. The van der Waals surface area contributed by atoms with Crippen LogP contribution in [0.1, 0.15) is 34.3 Å². The van der Waals surface area contributed by atoms with Crippen molar-refractivity contribution < 1.29 is 9.59 Å². The second-order valence-electron chi connectivity index (χ2n) is 6.80. The molecular formula is C22H23BrN2O2. The lowest BCUT2D eigenvalue weighted by Gasteiger charge is -2.31. The lowest BCUT2D eigenvalue weighted by molar-refractivity contribution is -0.126. The number of carbonyl (C=O) groups is 2. The summed E-state index contributed by atoms with van der Waals surface area (Å²) in [5.74, 6) is -0.0418. The fourth-order valence-corrected chi connectivity index (χ4v) is 3.76. The van der Waals surface area contributed by atoms with Crippen LogP contribution in [0.5, 0.6) is 0 Å². The van der Waals surface area contributed by atoms with Gasteiger partial charge in [-0.15, -0.1) is 0 Å². The fourth-order valence-electron chi connectivity index (χ4n) is 3.14. The molecule has 2 amide bonds. The molecule has 5 heteroatoms. The second kappa shape index (κ2) is 9.00. The van der Waals surface area contributed by atoms with E-state index in [1.54, 1.807) is 6.08 Å². The van der Waals surface area contributed by atoms with E-state index in [0.29, 0.717) is 18.7 Å². The number of hydrogen-bond donors (Lipinski definition) is 1. The second-order valence-corrected chi connectivity index (χ2v) is 7.65. The van der Waals surface area contributed by atoms with Crippen molar-refractivity contribution in [2.75, 3.05) is 13.1 Å². The molecule has 1 heterocycles. The first-order valence-electron chi connectivity index (χ1n) is 9.12. The number of nitrogens with zero attached hydrogens (tertiary/aromatic N) is 1. The van der Waals surface area contributed by atoms with Gasteiger partial charge in [-0.3, -0.25) is 9.59 Å². The Labute approximate surface area is 168 Å². The highest BCUT2D eigenvalue weighted by molar-refractivity contribution is 9.10. The van der Waals surface area contributed by atoms with E-state index in [9.17, 15) is 9.59 Å². The zero-order chi connectivity index (χ0) is 19.2. The number of rotatable bonds is 4. The van der Waals surface area contributed by atoms with Crippen LogP contribution in [0.2, 0.25) is 0 Å². The van der Waals surface area contributed by atoms with Gasteiger partial charge in [0.05, 0.1) is 0 Å². The average Bonchev–Trinajstić information content (AvgIpc) is 2.68. The van der Waals surface area contributed by atoms with Crippen LogP contribution in [0.15, 0.2) is 59.1 Å². The molecule has 3 rings (SSSR count). The Bertz CT molecular complexity index is 841. The van der Waals surface area contributed by atoms with Crippen LogP contribution in [0.4, 0.5) is 0 Å². The van der Waals surface area contributed by atoms with Crippen molar-refractivity contribution in [2.24, 2.45) is 0 Å². The molecule has 1 aliphatic heterocycles. The smallest absolute Gasteiger partial charge is 0.251 e. The summed E-state index contributed by atoms with van der Waals surface area (Å²) in [6.45, 7) is 3.33. The van der Waals surface area contributed by atoms with E-state index in [1.165, 1.54) is 5.56 Å². The van der Waals surface area contributed by atoms with Gasteiger partial charge in [0, 0.05) is 35.2 Å². The molecular weight excluding hydrogens is 404 g/mol. The van der Waals surface area contributed by atoms with Gasteiger partial charge in [0.25, 0.3) is 5.91 Å². The van der Waals surface area contributed by atoms with Gasteiger partial charge >= 0.3 is 0 Å². The Hall–Kier alpha value is -2.40. The first-order chi connectivity index (χ1) is 13.0. The Kier molecular flexibility index (Phi) is 6.45. The number of hydrogen-bond acceptors (Lipinski definition) is 2. The molecule has 4 nitrogen and oxygen atoms in total. The molecule has 2 aromatic rings. The van der Waals surface area contributed by atoms with Crippen LogP contribution in [0.3, 0.4) is 0 Å². The van der Waals surface area contributed by atoms with Crippen molar-refractivity contribution in [3.05, 3.63) is 75.8 Å². The highest BCUT2D eigenvalue weighted by Gasteiger charge is 2.23. The van der Waals surface area contributed by atoms with Gasteiger partial charge in [-0.05, 0) is 55.2 Å². The van der Waals surface area contributed by atoms with Crippen LogP contribution in [-0.2, 0) is 4.79 Å². The molecule has 140 valence electrons. The molecule has 1 aliphatic rings. The SMILES string of the molecule is Cc1ccc(/C=C/C(=O)N2CCC(NC(=O)c3ccccc3)CC2)c(Br)c1. The molecule has 0 spiro atoms. The molecule has 1 saturated heterocycles. The summed E-state index contributed by atoms with van der Waals surface area (Å²) < 4.78 is 0.980. The number of amides is 2. The number of likely N-dealkylation sites (tertiary alicyclic amines) is 1. The fraction of sp³-hybridized carbons (Fsp3) is 0.273. The summed E-state index contributed by atoms with van der Waals surface area (Å²) in [6, 6.07) is 15.4. The minimum Gasteiger partial charge on any atom is -0.349 e. The quantitative estimate of drug-likeness (QED) is 0.744. The largest absolute Gasteiger partial charge is 0.349 e. The van der Waals surface area contributed by atoms with Gasteiger partial charge in [0.2, 0.25) is 5.91 Å². The van der Waals surface area contributed by atoms with E-state index in [1.807, 2.05) is 66.4 Å². The zero-order valence-electron chi connectivity index (χ0n) is 15.3. The number of halogens is 1. The molecule has 2 aromatic carbocycles. The molecule has 0 aromatic heterocycles. The van der Waals surface area contributed by atoms with Crippen LogP contribution < -0.4 is 5.32 Å². The van der Waals surface area contributed by atoms with E-state index in [4.69, 9.17) is 0 Å². The van der Waals surface area contributed by atoms with E-state index >= 15 is 0 Å². The molecule has 0 bridgehead atoms. The maximum atomic E-state index is 12.4. The zero-order valence-corrected chi connectivity index (χ0v) is 16.9. The summed E-state index contributed by atoms with van der Waals surface area (Å²) >= 11 is 3.53. The maximum Gasteiger partial charge on any atom is 0.251 e. The first-order valence-corrected chi connectivity index (χ1v) is 9.91. The Morgan fingerprint density at radius 2 is 1.81 bits per heavy atom. The number of piperidine rings is 1. The highest BCUT2D eigenvalue weighted by atomic mass is 79.9. The van der Waals surface area contributed by atoms with E-state index < -0.39 is 0 Å². The van der Waals surface area contributed by atoms with Gasteiger partial charge in [0.15, 0.2) is 0 Å². The number of carbonyl (C=O) groups excluding carboxylic acids is 2. The molecule has 0 radical (unpaired) electrons. The van der Waals surface area contributed by atoms with Crippen molar-refractivity contribution in [2.45, 2.75) is 25.8 Å². The standard InChI is InChI=1S/C22H23BrN2O2/c1-16-7-8-17(20(23)15-16)9-10-21(26)25-13-11-19(12-14-25)24-22(27)18-5-3-2-4-6-18/h2-10,15,19H,11-14H2,1H3,(H,24,27)/b10-9+. The Balaban J connectivity index is 1.50. The summed E-state index contributed by atoms with van der Waals surface area (Å²) in [5.41, 5.74) is 2.83. The lowest BCUT2D eigenvalue weighted by atomic mass is 10.0. The lowest BCUT2D eigenvalue weighted by Crippen LogP contribution is -2.46. The molecule has 0 atom stereocenters. The molecule has 1 fully saturated rings. The molecule has 0 aliphatic carbocycles. The number of benzene rings is 2. The van der Waals surface area contributed by atoms with Crippen molar-refractivity contribution in [3.63, 3.8) is 0 Å². The van der Waals surface area contributed by atoms with Gasteiger partial charge in [-0.25, -0.2) is 0 Å². The van der Waals surface area contributed by atoms with Gasteiger partial charge < -0.3 is 10.2 Å². The Morgan fingerprint density at radius 1 is 1.11 bits per heavy atom. The third kappa shape index (κ3) is 5.30. The van der Waals surface area contributed by atoms with Crippen LogP contribution >= 0.6 is 15.9 Å². The summed E-state index contributed by atoms with van der Waals surface area (Å²) in [5, 5.41) is 3.06. The number of nitrogens with one attached hydrogen (secondary N) is 1. The van der Waals surface area contributed by atoms with Gasteiger partial charge in [0.1, 0.15) is 0 Å². The van der Waals surface area contributed by atoms with Crippen molar-refractivity contribution in [1.82, 2.24) is 10.2 Å². The normalized spacial score (nSPS) is 15.1. The summed E-state index contributed by atoms with van der Waals surface area (Å²) in [6.07, 6.45) is 5.01. The third-order valence-corrected chi connectivity index (χ3v) is 5.43. The summed E-state index contributed by atoms with van der Waals surface area (Å²) in [4.78, 5) is 26.5. The van der Waals surface area contributed by atoms with E-state index in [-0.39, 0.29) is 17.9 Å². The topological polar surface area (TPSA) is 49.4 Å². The minimum atomic E-state index is -0.0514. The Morgan fingerprint density at radius 3 is 2.48 bits per heavy atom. The number of aryl methyl sites for hydroxylation is 1. The monoisotopic (exact) mass is 426 g/mol. The van der Waals surface area contributed by atoms with Crippen molar-refractivity contribution >= 4 is 33.8 Å². The van der Waals surface area contributed by atoms with Crippen LogP contribution in [-0.4, -0.2) is 35.8 Å². The summed E-state index contributed by atoms with van der Waals surface area (Å²) in [7, 11) is 0. The molecule has 1 N–H and O–H groups in total. The predicted octanol–water partition coefficient (Wildman–Crippen LogP) is 4.19.